The summed E-state index contributed by atoms with van der Waals surface area (Å²) in [4.78, 5) is 66.9. The quantitative estimate of drug-likeness (QED) is 0.382. The number of ketones is 1. The van der Waals surface area contributed by atoms with Crippen LogP contribution in [0.15, 0.2) is 60.7 Å². The summed E-state index contributed by atoms with van der Waals surface area (Å²) in [5.74, 6) is -2.95. The van der Waals surface area contributed by atoms with Gasteiger partial charge in [-0.15, -0.1) is 0 Å². The van der Waals surface area contributed by atoms with Crippen LogP contribution in [0.3, 0.4) is 0 Å². The maximum atomic E-state index is 13.8. The van der Waals surface area contributed by atoms with Crippen molar-refractivity contribution in [2.45, 2.75) is 83.8 Å². The first kappa shape index (κ1) is 32.5. The van der Waals surface area contributed by atoms with E-state index in [2.05, 4.69) is 21.3 Å². The molecule has 1 heterocycles. The molecule has 226 valence electrons. The van der Waals surface area contributed by atoms with Gasteiger partial charge in [0.2, 0.25) is 23.6 Å². The van der Waals surface area contributed by atoms with Crippen molar-refractivity contribution < 1.29 is 24.0 Å². The van der Waals surface area contributed by atoms with E-state index in [1.807, 2.05) is 36.4 Å². The highest BCUT2D eigenvalue weighted by atomic mass is 16.2. The molecule has 42 heavy (non-hydrogen) atoms. The molecule has 0 saturated carbocycles. The molecule has 1 aliphatic heterocycles. The van der Waals surface area contributed by atoms with E-state index >= 15 is 0 Å². The van der Waals surface area contributed by atoms with Crippen LogP contribution in [0.25, 0.3) is 0 Å². The van der Waals surface area contributed by atoms with E-state index in [4.69, 9.17) is 0 Å². The molecule has 9 nitrogen and oxygen atoms in total. The van der Waals surface area contributed by atoms with Crippen LogP contribution in [0, 0.1) is 11.8 Å². The topological polar surface area (TPSA) is 133 Å². The zero-order valence-corrected chi connectivity index (χ0v) is 25.1. The van der Waals surface area contributed by atoms with Crippen molar-refractivity contribution >= 4 is 29.4 Å². The highest BCUT2D eigenvalue weighted by molar-refractivity contribution is 5.97. The van der Waals surface area contributed by atoms with Gasteiger partial charge in [-0.05, 0) is 50.2 Å². The van der Waals surface area contributed by atoms with Gasteiger partial charge < -0.3 is 21.3 Å². The van der Waals surface area contributed by atoms with Gasteiger partial charge in [0.1, 0.15) is 12.1 Å². The molecule has 1 fully saturated rings. The van der Waals surface area contributed by atoms with E-state index in [0.29, 0.717) is 24.8 Å². The fourth-order valence-corrected chi connectivity index (χ4v) is 5.03. The Hall–Kier alpha value is -4.01. The molecule has 0 radical (unpaired) electrons. The lowest BCUT2D eigenvalue weighted by atomic mass is 9.83. The third kappa shape index (κ3) is 8.99. The summed E-state index contributed by atoms with van der Waals surface area (Å²) in [6.07, 6.45) is 2.16. The highest BCUT2D eigenvalue weighted by Gasteiger charge is 2.38. The Kier molecular flexibility index (Phi) is 11.8. The first-order valence-corrected chi connectivity index (χ1v) is 14.9. The molecule has 2 aromatic carbocycles. The third-order valence-electron chi connectivity index (χ3n) is 7.85. The minimum absolute atomic E-state index is 0.0841. The minimum Gasteiger partial charge on any atom is -0.354 e. The second-order valence-corrected chi connectivity index (χ2v) is 11.5. The number of rotatable bonds is 8. The molecular weight excluding hydrogens is 532 g/mol. The SMILES string of the molecule is CC[C@@H]1NC(=O)C(CCCc2ccccc2)CC(=O)[C@](C)(NC(=O)C(C)C)CCNC(=O)[C@@H](c2ccccc2)NC1=O. The average molecular weight is 577 g/mol. The number of carbonyl (C=O) groups is 5. The fraction of sp³-hybridized carbons (Fsp3) is 0.485. The van der Waals surface area contributed by atoms with Crippen molar-refractivity contribution in [3.05, 3.63) is 71.8 Å². The molecule has 4 atom stereocenters. The van der Waals surface area contributed by atoms with Gasteiger partial charge in [0.15, 0.2) is 5.78 Å². The highest BCUT2D eigenvalue weighted by Crippen LogP contribution is 2.23. The van der Waals surface area contributed by atoms with Gasteiger partial charge in [0.05, 0.1) is 5.54 Å². The second kappa shape index (κ2) is 15.3. The monoisotopic (exact) mass is 576 g/mol. The molecular formula is C33H44N4O5. The lowest BCUT2D eigenvalue weighted by Gasteiger charge is -2.33. The average Bonchev–Trinajstić information content (AvgIpc) is 2.98. The van der Waals surface area contributed by atoms with Crippen molar-refractivity contribution in [3.8, 4) is 0 Å². The van der Waals surface area contributed by atoms with Crippen molar-refractivity contribution in [3.63, 3.8) is 0 Å². The van der Waals surface area contributed by atoms with Crippen LogP contribution < -0.4 is 21.3 Å². The number of Topliss-reactive ketones (excluding diaryl/α,β-unsaturated/α-hetero) is 1. The lowest BCUT2D eigenvalue weighted by Crippen LogP contribution is -2.57. The van der Waals surface area contributed by atoms with Gasteiger partial charge in [-0.3, -0.25) is 24.0 Å². The fourth-order valence-electron chi connectivity index (χ4n) is 5.03. The molecule has 4 N–H and O–H groups in total. The van der Waals surface area contributed by atoms with Crippen LogP contribution in [-0.2, 0) is 30.4 Å². The predicted molar refractivity (Wildman–Crippen MR) is 161 cm³/mol. The van der Waals surface area contributed by atoms with Gasteiger partial charge in [-0.2, -0.15) is 0 Å². The van der Waals surface area contributed by atoms with Crippen LogP contribution in [0.5, 0.6) is 0 Å². The number of hydrogen-bond donors (Lipinski definition) is 4. The van der Waals surface area contributed by atoms with Gasteiger partial charge in [-0.25, -0.2) is 0 Å². The molecule has 0 spiro atoms. The first-order chi connectivity index (χ1) is 20.0. The van der Waals surface area contributed by atoms with E-state index in [0.717, 1.165) is 12.0 Å². The van der Waals surface area contributed by atoms with Gasteiger partial charge in [0.25, 0.3) is 0 Å². The molecule has 2 aromatic rings. The Balaban J connectivity index is 1.93. The third-order valence-corrected chi connectivity index (χ3v) is 7.85. The Bertz CT molecular complexity index is 1230. The number of benzene rings is 2. The largest absolute Gasteiger partial charge is 0.354 e. The molecule has 0 bridgehead atoms. The van der Waals surface area contributed by atoms with Crippen LogP contribution >= 0.6 is 0 Å². The van der Waals surface area contributed by atoms with Gasteiger partial charge in [-0.1, -0.05) is 81.4 Å². The van der Waals surface area contributed by atoms with Crippen LogP contribution in [0.4, 0.5) is 0 Å². The maximum absolute atomic E-state index is 13.8. The standard InChI is InChI=1S/C33H44N4O5/c1-5-26-31(41)36-28(24-16-10-7-11-17-24)32(42)34-20-19-33(4,37-29(39)22(2)3)27(38)21-25(30(40)35-26)18-12-15-23-13-8-6-9-14-23/h6-11,13-14,16-17,22,25-26,28H,5,12,15,18-21H2,1-4H3,(H,34,42)(H,35,40)(H,36,41)(H,37,39)/t25?,26-,28+,33+/m0/s1. The predicted octanol–water partition coefficient (Wildman–Crippen LogP) is 3.39. The number of carbonyl (C=O) groups excluding carboxylic acids is 5. The molecule has 0 aromatic heterocycles. The molecule has 0 aliphatic carbocycles. The van der Waals surface area contributed by atoms with E-state index in [9.17, 15) is 24.0 Å². The summed E-state index contributed by atoms with van der Waals surface area (Å²) in [7, 11) is 0. The molecule has 1 saturated heterocycles. The van der Waals surface area contributed by atoms with E-state index < -0.39 is 41.3 Å². The zero-order valence-electron chi connectivity index (χ0n) is 25.1. The summed E-state index contributed by atoms with van der Waals surface area (Å²) in [5.41, 5.74) is 0.418. The summed E-state index contributed by atoms with van der Waals surface area (Å²) in [5, 5.41) is 11.4. The smallest absolute Gasteiger partial charge is 0.247 e. The van der Waals surface area contributed by atoms with Crippen LogP contribution in [0.2, 0.25) is 0 Å². The molecule has 9 heteroatoms. The maximum Gasteiger partial charge on any atom is 0.247 e. The summed E-state index contributed by atoms with van der Waals surface area (Å²) in [6, 6.07) is 16.9. The zero-order chi connectivity index (χ0) is 30.7. The molecule has 1 unspecified atom stereocenters. The first-order valence-electron chi connectivity index (χ1n) is 14.9. The van der Waals surface area contributed by atoms with Crippen molar-refractivity contribution in [1.29, 1.82) is 0 Å². The van der Waals surface area contributed by atoms with Gasteiger partial charge >= 0.3 is 0 Å². The van der Waals surface area contributed by atoms with Gasteiger partial charge in [0, 0.05) is 24.8 Å². The van der Waals surface area contributed by atoms with E-state index in [1.54, 1.807) is 52.0 Å². The summed E-state index contributed by atoms with van der Waals surface area (Å²) in [6.45, 7) is 7.00. The molecule has 1 aliphatic rings. The molecule has 4 amide bonds. The van der Waals surface area contributed by atoms with Crippen molar-refractivity contribution in [2.75, 3.05) is 6.54 Å². The Morgan fingerprint density at radius 2 is 1.57 bits per heavy atom. The minimum atomic E-state index is -1.30. The number of amides is 4. The number of nitrogens with one attached hydrogen (secondary N) is 4. The summed E-state index contributed by atoms with van der Waals surface area (Å²) < 4.78 is 0. The Morgan fingerprint density at radius 1 is 0.929 bits per heavy atom. The van der Waals surface area contributed by atoms with Crippen molar-refractivity contribution in [1.82, 2.24) is 21.3 Å². The second-order valence-electron chi connectivity index (χ2n) is 11.5. The number of hydrogen-bond acceptors (Lipinski definition) is 5. The molecule has 3 rings (SSSR count). The number of aryl methyl sites for hydroxylation is 1. The normalized spacial score (nSPS) is 24.3. The van der Waals surface area contributed by atoms with Crippen LogP contribution in [-0.4, -0.2) is 47.5 Å². The van der Waals surface area contributed by atoms with Crippen LogP contribution in [0.1, 0.15) is 77.0 Å². The lowest BCUT2D eigenvalue weighted by molar-refractivity contribution is -0.137. The van der Waals surface area contributed by atoms with E-state index in [1.165, 1.54) is 0 Å². The van der Waals surface area contributed by atoms with Crippen molar-refractivity contribution in [2.24, 2.45) is 11.8 Å². The Labute approximate surface area is 248 Å². The Morgan fingerprint density at radius 3 is 2.19 bits per heavy atom. The summed E-state index contributed by atoms with van der Waals surface area (Å²) >= 11 is 0. The van der Waals surface area contributed by atoms with E-state index in [-0.39, 0.29) is 37.0 Å².